The quantitative estimate of drug-likeness (QED) is 0.813. The fraction of sp³-hybridized carbons (Fsp3) is 0.538. The summed E-state index contributed by atoms with van der Waals surface area (Å²) in [4.78, 5) is 15.3. The van der Waals surface area contributed by atoms with Crippen LogP contribution in [0.1, 0.15) is 27.7 Å². The molecule has 0 aliphatic carbocycles. The summed E-state index contributed by atoms with van der Waals surface area (Å²) in [6.45, 7) is 7.50. The molecule has 1 unspecified atom stereocenters. The molecule has 5 heteroatoms. The van der Waals surface area contributed by atoms with E-state index in [1.807, 2.05) is 27.7 Å². The van der Waals surface area contributed by atoms with E-state index in [0.29, 0.717) is 11.6 Å². The van der Waals surface area contributed by atoms with E-state index in [4.69, 9.17) is 9.84 Å². The van der Waals surface area contributed by atoms with Crippen LogP contribution < -0.4 is 10.1 Å². The summed E-state index contributed by atoms with van der Waals surface area (Å²) < 4.78 is 5.54. The van der Waals surface area contributed by atoms with E-state index in [9.17, 15) is 4.79 Å². The Morgan fingerprint density at radius 2 is 2.06 bits per heavy atom. The van der Waals surface area contributed by atoms with Gasteiger partial charge >= 0.3 is 5.97 Å². The SMILES string of the molecule is CC(C)Oc1ncccc1NC(C(=O)O)C(C)C. The van der Waals surface area contributed by atoms with Gasteiger partial charge in [0, 0.05) is 6.20 Å². The number of carboxylic acid groups (broad SMARTS) is 1. The van der Waals surface area contributed by atoms with Crippen LogP contribution >= 0.6 is 0 Å². The van der Waals surface area contributed by atoms with E-state index in [2.05, 4.69) is 10.3 Å². The number of ether oxygens (including phenoxy) is 1. The first-order valence-corrected chi connectivity index (χ1v) is 6.02. The van der Waals surface area contributed by atoms with Gasteiger partial charge in [0.05, 0.1) is 11.8 Å². The van der Waals surface area contributed by atoms with Crippen molar-refractivity contribution in [2.24, 2.45) is 5.92 Å². The summed E-state index contributed by atoms with van der Waals surface area (Å²) in [5.41, 5.74) is 0.604. The first-order valence-electron chi connectivity index (χ1n) is 6.02. The number of hydrogen-bond donors (Lipinski definition) is 2. The van der Waals surface area contributed by atoms with Crippen molar-refractivity contribution in [1.29, 1.82) is 0 Å². The third-order valence-electron chi connectivity index (χ3n) is 2.36. The van der Waals surface area contributed by atoms with Crippen molar-refractivity contribution in [2.45, 2.75) is 39.8 Å². The predicted octanol–water partition coefficient (Wildman–Crippen LogP) is 2.39. The van der Waals surface area contributed by atoms with Crippen LogP contribution in [-0.2, 0) is 4.79 Å². The highest BCUT2D eigenvalue weighted by Crippen LogP contribution is 2.24. The zero-order valence-electron chi connectivity index (χ0n) is 11.2. The molecule has 1 atom stereocenters. The molecule has 0 aliphatic heterocycles. The summed E-state index contributed by atoms with van der Waals surface area (Å²) in [6, 6.07) is 2.85. The van der Waals surface area contributed by atoms with Crippen molar-refractivity contribution in [3.8, 4) is 5.88 Å². The van der Waals surface area contributed by atoms with Gasteiger partial charge in [-0.15, -0.1) is 0 Å². The van der Waals surface area contributed by atoms with E-state index < -0.39 is 12.0 Å². The highest BCUT2D eigenvalue weighted by molar-refractivity contribution is 5.78. The number of hydrogen-bond acceptors (Lipinski definition) is 4. The lowest BCUT2D eigenvalue weighted by Crippen LogP contribution is -2.34. The van der Waals surface area contributed by atoms with Gasteiger partial charge in [0.1, 0.15) is 6.04 Å². The number of nitrogens with zero attached hydrogens (tertiary/aromatic N) is 1. The fourth-order valence-electron chi connectivity index (χ4n) is 1.50. The Bertz CT molecular complexity index is 405. The van der Waals surface area contributed by atoms with E-state index in [1.54, 1.807) is 18.3 Å². The molecule has 1 aromatic rings. The zero-order chi connectivity index (χ0) is 13.7. The predicted molar refractivity (Wildman–Crippen MR) is 69.9 cm³/mol. The zero-order valence-corrected chi connectivity index (χ0v) is 11.2. The Hall–Kier alpha value is -1.78. The number of nitrogens with one attached hydrogen (secondary N) is 1. The van der Waals surface area contributed by atoms with Gasteiger partial charge in [-0.3, -0.25) is 0 Å². The van der Waals surface area contributed by atoms with Gasteiger partial charge in [-0.25, -0.2) is 9.78 Å². The minimum atomic E-state index is -0.885. The maximum Gasteiger partial charge on any atom is 0.326 e. The average Bonchev–Trinajstić information content (AvgIpc) is 2.26. The second kappa shape index (κ2) is 6.23. The molecule has 1 rings (SSSR count). The molecule has 1 aromatic heterocycles. The van der Waals surface area contributed by atoms with Crippen LogP contribution in [-0.4, -0.2) is 28.2 Å². The molecular formula is C13H20N2O3. The highest BCUT2D eigenvalue weighted by Gasteiger charge is 2.22. The molecule has 18 heavy (non-hydrogen) atoms. The molecule has 0 aliphatic rings. The lowest BCUT2D eigenvalue weighted by atomic mass is 10.0. The number of pyridine rings is 1. The van der Waals surface area contributed by atoms with Crippen molar-refractivity contribution in [1.82, 2.24) is 4.98 Å². The molecule has 5 nitrogen and oxygen atoms in total. The monoisotopic (exact) mass is 252 g/mol. The topological polar surface area (TPSA) is 71.5 Å². The molecule has 2 N–H and O–H groups in total. The first-order chi connectivity index (χ1) is 8.41. The van der Waals surface area contributed by atoms with Crippen LogP contribution in [0.2, 0.25) is 0 Å². The minimum Gasteiger partial charge on any atom is -0.480 e. The molecule has 0 saturated carbocycles. The van der Waals surface area contributed by atoms with Crippen molar-refractivity contribution >= 4 is 11.7 Å². The van der Waals surface area contributed by atoms with Gasteiger partial charge in [-0.2, -0.15) is 0 Å². The molecule has 0 fully saturated rings. The molecule has 0 saturated heterocycles. The highest BCUT2D eigenvalue weighted by atomic mass is 16.5. The number of aliphatic carboxylic acids is 1. The molecule has 0 aromatic carbocycles. The van der Waals surface area contributed by atoms with E-state index in [-0.39, 0.29) is 12.0 Å². The van der Waals surface area contributed by atoms with Gasteiger partial charge < -0.3 is 15.2 Å². The van der Waals surface area contributed by atoms with E-state index in [1.165, 1.54) is 0 Å². The number of aromatic nitrogens is 1. The average molecular weight is 252 g/mol. The lowest BCUT2D eigenvalue weighted by Gasteiger charge is -2.21. The van der Waals surface area contributed by atoms with Crippen molar-refractivity contribution in [3.63, 3.8) is 0 Å². The minimum absolute atomic E-state index is 0.0113. The van der Waals surface area contributed by atoms with Crippen LogP contribution in [0.4, 0.5) is 5.69 Å². The Morgan fingerprint density at radius 3 is 2.56 bits per heavy atom. The fourth-order valence-corrected chi connectivity index (χ4v) is 1.50. The second-order valence-corrected chi connectivity index (χ2v) is 4.73. The number of carbonyl (C=O) groups is 1. The van der Waals surface area contributed by atoms with E-state index >= 15 is 0 Å². The Labute approximate surface area is 107 Å². The maximum atomic E-state index is 11.2. The smallest absolute Gasteiger partial charge is 0.326 e. The van der Waals surface area contributed by atoms with Crippen molar-refractivity contribution in [3.05, 3.63) is 18.3 Å². The van der Waals surface area contributed by atoms with E-state index in [0.717, 1.165) is 0 Å². The first kappa shape index (κ1) is 14.3. The standard InChI is InChI=1S/C13H20N2O3/c1-8(2)11(13(16)17)15-10-6-5-7-14-12(10)18-9(3)4/h5-9,11,15H,1-4H3,(H,16,17). The van der Waals surface area contributed by atoms with Crippen LogP contribution in [0.25, 0.3) is 0 Å². The molecular weight excluding hydrogens is 232 g/mol. The van der Waals surface area contributed by atoms with Crippen LogP contribution in [0.3, 0.4) is 0 Å². The van der Waals surface area contributed by atoms with Crippen LogP contribution in [0, 0.1) is 5.92 Å². The molecule has 0 spiro atoms. The normalized spacial score (nSPS) is 12.6. The summed E-state index contributed by atoms with van der Waals surface area (Å²) in [6.07, 6.45) is 1.61. The Balaban J connectivity index is 2.91. The largest absolute Gasteiger partial charge is 0.480 e. The van der Waals surface area contributed by atoms with Gasteiger partial charge in [-0.05, 0) is 31.9 Å². The summed E-state index contributed by atoms with van der Waals surface area (Å²) in [7, 11) is 0. The lowest BCUT2D eigenvalue weighted by molar-refractivity contribution is -0.138. The Kier molecular flexibility index (Phi) is 4.95. The number of carboxylic acids is 1. The molecule has 0 amide bonds. The summed E-state index contributed by atoms with van der Waals surface area (Å²) >= 11 is 0. The third-order valence-corrected chi connectivity index (χ3v) is 2.36. The second-order valence-electron chi connectivity index (χ2n) is 4.73. The summed E-state index contributed by atoms with van der Waals surface area (Å²) in [5.74, 6) is -0.488. The van der Waals surface area contributed by atoms with Crippen molar-refractivity contribution < 1.29 is 14.6 Å². The third kappa shape index (κ3) is 3.91. The van der Waals surface area contributed by atoms with Gasteiger partial charge in [0.25, 0.3) is 0 Å². The number of rotatable bonds is 6. The van der Waals surface area contributed by atoms with Gasteiger partial charge in [0.15, 0.2) is 0 Å². The molecule has 0 radical (unpaired) electrons. The van der Waals surface area contributed by atoms with Gasteiger partial charge in [0.2, 0.25) is 5.88 Å². The van der Waals surface area contributed by atoms with Crippen molar-refractivity contribution in [2.75, 3.05) is 5.32 Å². The molecule has 100 valence electrons. The van der Waals surface area contributed by atoms with Crippen LogP contribution in [0.15, 0.2) is 18.3 Å². The maximum absolute atomic E-state index is 11.2. The Morgan fingerprint density at radius 1 is 1.39 bits per heavy atom. The molecule has 1 heterocycles. The summed E-state index contributed by atoms with van der Waals surface area (Å²) in [5, 5.41) is 12.1. The van der Waals surface area contributed by atoms with Crippen LogP contribution in [0.5, 0.6) is 5.88 Å². The molecule has 0 bridgehead atoms. The number of anilines is 1. The van der Waals surface area contributed by atoms with Gasteiger partial charge in [-0.1, -0.05) is 13.8 Å².